The number of nitrogens with one attached hydrogen (secondary N) is 1. The summed E-state index contributed by atoms with van der Waals surface area (Å²) in [6, 6.07) is 4.39. The lowest BCUT2D eigenvalue weighted by atomic mass is 9.96. The highest BCUT2D eigenvalue weighted by atomic mass is 35.5. The summed E-state index contributed by atoms with van der Waals surface area (Å²) in [7, 11) is 0. The van der Waals surface area contributed by atoms with E-state index >= 15 is 0 Å². The molecule has 3 N–H and O–H groups in total. The number of rotatable bonds is 3. The van der Waals surface area contributed by atoms with Crippen LogP contribution >= 0.6 is 22.9 Å². The quantitative estimate of drug-likeness (QED) is 0.655. The number of thiophene rings is 1. The van der Waals surface area contributed by atoms with Gasteiger partial charge in [-0.05, 0) is 25.0 Å². The highest BCUT2D eigenvalue weighted by Gasteiger charge is 2.13. The number of nitrogens with zero attached hydrogens (tertiary/aromatic N) is 1. The summed E-state index contributed by atoms with van der Waals surface area (Å²) < 4.78 is 0.800. The van der Waals surface area contributed by atoms with Gasteiger partial charge in [-0.3, -0.25) is 0 Å². The van der Waals surface area contributed by atoms with Crippen molar-refractivity contribution >= 4 is 28.9 Å². The van der Waals surface area contributed by atoms with Crippen molar-refractivity contribution in [1.29, 1.82) is 0 Å². The van der Waals surface area contributed by atoms with Crippen LogP contribution in [0.5, 0.6) is 0 Å². The molecule has 1 aliphatic carbocycles. The standard InChI is InChI=1S/C12H18ClN3S/c13-11-7-6-10(17-11)8-15-12(14)16-9-4-2-1-3-5-9/h6-7,9H,1-5,8H2,(H3,14,15,16). The van der Waals surface area contributed by atoms with Gasteiger partial charge in [0, 0.05) is 10.9 Å². The van der Waals surface area contributed by atoms with Crippen LogP contribution in [0.2, 0.25) is 4.34 Å². The third-order valence-corrected chi connectivity index (χ3v) is 4.21. The predicted molar refractivity (Wildman–Crippen MR) is 74.7 cm³/mol. The molecule has 1 heterocycles. The van der Waals surface area contributed by atoms with E-state index in [0.717, 1.165) is 9.21 Å². The van der Waals surface area contributed by atoms with E-state index in [2.05, 4.69) is 10.3 Å². The maximum Gasteiger partial charge on any atom is 0.189 e. The first-order chi connectivity index (χ1) is 8.24. The van der Waals surface area contributed by atoms with Crippen molar-refractivity contribution in [2.45, 2.75) is 44.7 Å². The Morgan fingerprint density at radius 2 is 2.18 bits per heavy atom. The van der Waals surface area contributed by atoms with E-state index in [1.807, 2.05) is 12.1 Å². The maximum atomic E-state index is 5.87. The molecule has 0 saturated heterocycles. The van der Waals surface area contributed by atoms with Crippen molar-refractivity contribution in [3.05, 3.63) is 21.3 Å². The summed E-state index contributed by atoms with van der Waals surface area (Å²) in [6.45, 7) is 0.614. The van der Waals surface area contributed by atoms with Crippen LogP contribution in [0.3, 0.4) is 0 Å². The van der Waals surface area contributed by atoms with E-state index in [4.69, 9.17) is 17.3 Å². The van der Waals surface area contributed by atoms with Crippen LogP contribution in [-0.4, -0.2) is 12.0 Å². The summed E-state index contributed by atoms with van der Waals surface area (Å²) in [5, 5.41) is 3.30. The molecule has 1 fully saturated rings. The molecule has 1 saturated carbocycles. The van der Waals surface area contributed by atoms with Crippen molar-refractivity contribution in [2.24, 2.45) is 10.7 Å². The predicted octanol–water partition coefficient (Wildman–Crippen LogP) is 3.14. The number of hydrogen-bond donors (Lipinski definition) is 2. The molecule has 0 atom stereocenters. The molecule has 3 nitrogen and oxygen atoms in total. The molecule has 1 aliphatic rings. The highest BCUT2D eigenvalue weighted by molar-refractivity contribution is 7.16. The normalized spacial score (nSPS) is 18.3. The zero-order chi connectivity index (χ0) is 12.1. The van der Waals surface area contributed by atoms with Gasteiger partial charge in [0.2, 0.25) is 0 Å². The fourth-order valence-corrected chi connectivity index (χ4v) is 3.11. The van der Waals surface area contributed by atoms with Gasteiger partial charge < -0.3 is 11.1 Å². The van der Waals surface area contributed by atoms with E-state index in [-0.39, 0.29) is 0 Å². The second-order valence-electron chi connectivity index (χ2n) is 4.39. The van der Waals surface area contributed by atoms with Crippen LogP contribution < -0.4 is 11.1 Å². The third-order valence-electron chi connectivity index (χ3n) is 2.99. The van der Waals surface area contributed by atoms with Crippen LogP contribution in [0.4, 0.5) is 0 Å². The van der Waals surface area contributed by atoms with E-state index in [9.17, 15) is 0 Å². The summed E-state index contributed by atoms with van der Waals surface area (Å²) in [5.74, 6) is 0.557. The fourth-order valence-electron chi connectivity index (χ4n) is 2.10. The molecular weight excluding hydrogens is 254 g/mol. The van der Waals surface area contributed by atoms with Crippen LogP contribution in [-0.2, 0) is 6.54 Å². The van der Waals surface area contributed by atoms with Gasteiger partial charge in [0.25, 0.3) is 0 Å². The van der Waals surface area contributed by atoms with Gasteiger partial charge in [-0.25, -0.2) is 4.99 Å². The largest absolute Gasteiger partial charge is 0.370 e. The van der Waals surface area contributed by atoms with Crippen LogP contribution in [0.1, 0.15) is 37.0 Å². The zero-order valence-corrected chi connectivity index (χ0v) is 11.4. The average molecular weight is 272 g/mol. The molecule has 17 heavy (non-hydrogen) atoms. The van der Waals surface area contributed by atoms with Gasteiger partial charge >= 0.3 is 0 Å². The van der Waals surface area contributed by atoms with E-state index in [0.29, 0.717) is 18.5 Å². The number of nitrogens with two attached hydrogens (primary N) is 1. The minimum atomic E-state index is 0.513. The lowest BCUT2D eigenvalue weighted by molar-refractivity contribution is 0.412. The molecule has 0 amide bonds. The summed E-state index contributed by atoms with van der Waals surface area (Å²) in [4.78, 5) is 5.48. The zero-order valence-electron chi connectivity index (χ0n) is 9.79. The van der Waals surface area contributed by atoms with Crippen molar-refractivity contribution in [3.63, 3.8) is 0 Å². The Labute approximate surface area is 111 Å². The van der Waals surface area contributed by atoms with Crippen LogP contribution in [0.25, 0.3) is 0 Å². The molecule has 0 aromatic carbocycles. The first-order valence-electron chi connectivity index (χ1n) is 6.05. The van der Waals surface area contributed by atoms with Gasteiger partial charge in [0.15, 0.2) is 5.96 Å². The number of aliphatic imine (C=N–C) groups is 1. The van der Waals surface area contributed by atoms with E-state index in [1.165, 1.54) is 32.1 Å². The Morgan fingerprint density at radius 1 is 1.41 bits per heavy atom. The summed E-state index contributed by atoms with van der Waals surface area (Å²) >= 11 is 7.41. The Balaban J connectivity index is 1.80. The first kappa shape index (κ1) is 12.7. The van der Waals surface area contributed by atoms with Crippen LogP contribution in [0.15, 0.2) is 17.1 Å². The fraction of sp³-hybridized carbons (Fsp3) is 0.583. The Kier molecular flexibility index (Phi) is 4.68. The smallest absolute Gasteiger partial charge is 0.189 e. The SMILES string of the molecule is NC(=NCc1ccc(Cl)s1)NC1CCCCC1. The lowest BCUT2D eigenvalue weighted by Gasteiger charge is -2.23. The molecule has 0 unspecified atom stereocenters. The molecule has 5 heteroatoms. The molecule has 1 aromatic heterocycles. The van der Waals surface area contributed by atoms with Crippen molar-refractivity contribution < 1.29 is 0 Å². The number of halogens is 1. The minimum absolute atomic E-state index is 0.513. The first-order valence-corrected chi connectivity index (χ1v) is 7.24. The average Bonchev–Trinajstić information content (AvgIpc) is 2.74. The van der Waals surface area contributed by atoms with Gasteiger partial charge in [-0.15, -0.1) is 11.3 Å². The third kappa shape index (κ3) is 4.21. The Hall–Kier alpha value is -0.740. The maximum absolute atomic E-state index is 5.87. The Bertz CT molecular complexity index is 383. The van der Waals surface area contributed by atoms with Gasteiger partial charge in [0.1, 0.15) is 0 Å². The number of guanidine groups is 1. The van der Waals surface area contributed by atoms with E-state index in [1.54, 1.807) is 11.3 Å². The highest BCUT2D eigenvalue weighted by Crippen LogP contribution is 2.22. The number of hydrogen-bond acceptors (Lipinski definition) is 2. The minimum Gasteiger partial charge on any atom is -0.370 e. The van der Waals surface area contributed by atoms with Gasteiger partial charge in [-0.1, -0.05) is 30.9 Å². The van der Waals surface area contributed by atoms with Crippen LogP contribution in [0, 0.1) is 0 Å². The van der Waals surface area contributed by atoms with E-state index < -0.39 is 0 Å². The molecule has 0 spiro atoms. The second kappa shape index (κ2) is 6.26. The molecule has 0 bridgehead atoms. The second-order valence-corrected chi connectivity index (χ2v) is 6.19. The molecule has 0 aliphatic heterocycles. The molecule has 1 aromatic rings. The van der Waals surface area contributed by atoms with Gasteiger partial charge in [-0.2, -0.15) is 0 Å². The lowest BCUT2D eigenvalue weighted by Crippen LogP contribution is -2.41. The molecule has 0 radical (unpaired) electrons. The molecule has 94 valence electrons. The monoisotopic (exact) mass is 271 g/mol. The van der Waals surface area contributed by atoms with Crippen molar-refractivity contribution in [2.75, 3.05) is 0 Å². The molecular formula is C12H18ClN3S. The topological polar surface area (TPSA) is 50.4 Å². The molecule has 2 rings (SSSR count). The van der Waals surface area contributed by atoms with Gasteiger partial charge in [0.05, 0.1) is 10.9 Å². The Morgan fingerprint density at radius 3 is 2.82 bits per heavy atom. The van der Waals surface area contributed by atoms with Crippen molar-refractivity contribution in [1.82, 2.24) is 5.32 Å². The summed E-state index contributed by atoms with van der Waals surface area (Å²) in [5.41, 5.74) is 5.87. The summed E-state index contributed by atoms with van der Waals surface area (Å²) in [6.07, 6.45) is 6.36. The van der Waals surface area contributed by atoms with Crippen molar-refractivity contribution in [3.8, 4) is 0 Å².